The van der Waals surface area contributed by atoms with Gasteiger partial charge in [-0.2, -0.15) is 0 Å². The monoisotopic (exact) mass is 114 g/mol. The average molecular weight is 114 g/mol. The average Bonchev–Trinajstić information content (AvgIpc) is 1.82. The number of β-amino-alcohol motifs (C(OH)–C–C–N with tert-alkyl or cyclic N) is 1. The van der Waals surface area contributed by atoms with Crippen LogP contribution in [0.4, 0.5) is 0 Å². The predicted molar refractivity (Wildman–Crippen MR) is 32.2 cm³/mol. The van der Waals surface area contributed by atoms with Gasteiger partial charge in [0.2, 0.25) is 0 Å². The number of rotatable bonds is 0. The number of aliphatic hydroxyl groups is 1. The van der Waals surface area contributed by atoms with Crippen LogP contribution in [0, 0.1) is 7.05 Å². The Morgan fingerprint density at radius 1 is 1.75 bits per heavy atom. The van der Waals surface area contributed by atoms with Gasteiger partial charge < -0.3 is 10.0 Å². The molecular formula is C6H12NO-. The standard InChI is InChI=1S/C6H12NO/c1-6(8)3-4-7(2)5-6/h8H,2-5H2,1H3/q-1. The maximum absolute atomic E-state index is 9.28. The van der Waals surface area contributed by atoms with E-state index < -0.39 is 5.60 Å². The molecule has 0 saturated carbocycles. The summed E-state index contributed by atoms with van der Waals surface area (Å²) >= 11 is 0. The largest absolute Gasteiger partial charge is 0.457 e. The number of hydrogen-bond acceptors (Lipinski definition) is 2. The van der Waals surface area contributed by atoms with Gasteiger partial charge >= 0.3 is 0 Å². The minimum Gasteiger partial charge on any atom is -0.457 e. The molecule has 1 rings (SSSR count). The van der Waals surface area contributed by atoms with Crippen molar-refractivity contribution in [3.63, 3.8) is 0 Å². The lowest BCUT2D eigenvalue weighted by Gasteiger charge is -2.19. The van der Waals surface area contributed by atoms with Gasteiger partial charge in [-0.1, -0.05) is 0 Å². The predicted octanol–water partition coefficient (Wildman–Crippen LogP) is 0.235. The molecule has 0 aromatic carbocycles. The van der Waals surface area contributed by atoms with Crippen LogP contribution >= 0.6 is 0 Å². The van der Waals surface area contributed by atoms with E-state index >= 15 is 0 Å². The Morgan fingerprint density at radius 3 is 2.50 bits per heavy atom. The Hall–Kier alpha value is -0.0800. The first-order valence-electron chi connectivity index (χ1n) is 2.88. The highest BCUT2D eigenvalue weighted by atomic mass is 16.3. The van der Waals surface area contributed by atoms with Crippen molar-refractivity contribution in [1.29, 1.82) is 0 Å². The second-order valence-electron chi connectivity index (χ2n) is 2.80. The lowest BCUT2D eigenvalue weighted by atomic mass is 10.1. The van der Waals surface area contributed by atoms with Gasteiger partial charge in [-0.15, -0.1) is 0 Å². The van der Waals surface area contributed by atoms with Crippen LogP contribution in [-0.2, 0) is 0 Å². The Balaban J connectivity index is 2.44. The summed E-state index contributed by atoms with van der Waals surface area (Å²) in [7, 11) is 3.71. The third-order valence-corrected chi connectivity index (χ3v) is 1.53. The summed E-state index contributed by atoms with van der Waals surface area (Å²) in [6, 6.07) is 0. The van der Waals surface area contributed by atoms with Crippen molar-refractivity contribution in [3.8, 4) is 0 Å². The molecule has 2 nitrogen and oxygen atoms in total. The van der Waals surface area contributed by atoms with Crippen molar-refractivity contribution >= 4 is 0 Å². The van der Waals surface area contributed by atoms with E-state index in [4.69, 9.17) is 0 Å². The molecule has 0 radical (unpaired) electrons. The lowest BCUT2D eigenvalue weighted by molar-refractivity contribution is 0.0735. The zero-order valence-electron chi connectivity index (χ0n) is 5.22. The van der Waals surface area contributed by atoms with Crippen LogP contribution in [0.25, 0.3) is 0 Å². The molecule has 1 unspecified atom stereocenters. The highest BCUT2D eigenvalue weighted by Gasteiger charge is 2.25. The van der Waals surface area contributed by atoms with Crippen LogP contribution in [-0.4, -0.2) is 28.7 Å². The number of likely N-dealkylation sites (tertiary alicyclic amines) is 1. The summed E-state index contributed by atoms with van der Waals surface area (Å²) < 4.78 is 0. The Morgan fingerprint density at radius 2 is 2.38 bits per heavy atom. The summed E-state index contributed by atoms with van der Waals surface area (Å²) in [6.45, 7) is 3.48. The van der Waals surface area contributed by atoms with Gasteiger partial charge in [0.05, 0.1) is 5.60 Å². The number of hydrogen-bond donors (Lipinski definition) is 1. The minimum atomic E-state index is -0.470. The zero-order valence-corrected chi connectivity index (χ0v) is 5.22. The third kappa shape index (κ3) is 1.20. The second kappa shape index (κ2) is 1.71. The van der Waals surface area contributed by atoms with E-state index in [0.29, 0.717) is 6.54 Å². The van der Waals surface area contributed by atoms with Gasteiger partial charge in [-0.05, 0) is 26.4 Å². The Bertz CT molecular complexity index is 90.5. The molecule has 0 aromatic heterocycles. The molecule has 1 aliphatic rings. The van der Waals surface area contributed by atoms with Crippen LogP contribution in [0.15, 0.2) is 0 Å². The van der Waals surface area contributed by atoms with Gasteiger partial charge in [-0.3, -0.25) is 7.05 Å². The van der Waals surface area contributed by atoms with E-state index in [1.54, 1.807) is 0 Å². The van der Waals surface area contributed by atoms with Crippen molar-refractivity contribution in [1.82, 2.24) is 4.90 Å². The second-order valence-corrected chi connectivity index (χ2v) is 2.80. The first-order chi connectivity index (χ1) is 3.60. The molecule has 48 valence electrons. The first kappa shape index (κ1) is 6.05. The fourth-order valence-electron chi connectivity index (χ4n) is 1.04. The molecule has 8 heavy (non-hydrogen) atoms. The van der Waals surface area contributed by atoms with Gasteiger partial charge in [-0.25, -0.2) is 0 Å². The van der Waals surface area contributed by atoms with Gasteiger partial charge in [0.1, 0.15) is 0 Å². The molecule has 0 amide bonds. The van der Waals surface area contributed by atoms with Crippen LogP contribution < -0.4 is 0 Å². The van der Waals surface area contributed by atoms with Crippen LogP contribution in [0.1, 0.15) is 13.3 Å². The van der Waals surface area contributed by atoms with E-state index in [2.05, 4.69) is 7.05 Å². The highest BCUT2D eigenvalue weighted by molar-refractivity contribution is 4.85. The summed E-state index contributed by atoms with van der Waals surface area (Å²) in [4.78, 5) is 1.89. The van der Waals surface area contributed by atoms with E-state index in [-0.39, 0.29) is 0 Å². The zero-order chi connectivity index (χ0) is 6.20. The maximum atomic E-state index is 9.28. The summed E-state index contributed by atoms with van der Waals surface area (Å²) in [5, 5.41) is 9.28. The van der Waals surface area contributed by atoms with Crippen molar-refractivity contribution < 1.29 is 5.11 Å². The first-order valence-corrected chi connectivity index (χ1v) is 2.88. The van der Waals surface area contributed by atoms with E-state index in [1.165, 1.54) is 0 Å². The Kier molecular flexibility index (Phi) is 1.29. The van der Waals surface area contributed by atoms with Gasteiger partial charge in [0.25, 0.3) is 0 Å². The normalized spacial score (nSPS) is 40.9. The molecule has 1 fully saturated rings. The molecule has 0 aliphatic carbocycles. The topological polar surface area (TPSA) is 23.5 Å². The van der Waals surface area contributed by atoms with Crippen LogP contribution in [0.2, 0.25) is 0 Å². The molecule has 1 heterocycles. The molecule has 1 aliphatic heterocycles. The summed E-state index contributed by atoms with van der Waals surface area (Å²) in [5.41, 5.74) is -0.470. The molecule has 0 aromatic rings. The van der Waals surface area contributed by atoms with Crippen molar-refractivity contribution in [2.75, 3.05) is 13.1 Å². The van der Waals surface area contributed by atoms with Crippen LogP contribution in [0.3, 0.4) is 0 Å². The van der Waals surface area contributed by atoms with Crippen molar-refractivity contribution in [2.45, 2.75) is 18.9 Å². The lowest BCUT2D eigenvalue weighted by Crippen LogP contribution is -2.26. The minimum absolute atomic E-state index is 0.470. The van der Waals surface area contributed by atoms with Crippen molar-refractivity contribution in [2.24, 2.45) is 0 Å². The Labute approximate surface area is 50.1 Å². The smallest absolute Gasteiger partial charge is 0.0733 e. The summed E-state index contributed by atoms with van der Waals surface area (Å²) in [6.07, 6.45) is 0.858. The molecule has 1 atom stereocenters. The molecule has 0 spiro atoms. The van der Waals surface area contributed by atoms with E-state index in [1.807, 2.05) is 11.8 Å². The highest BCUT2D eigenvalue weighted by Crippen LogP contribution is 2.18. The van der Waals surface area contributed by atoms with Crippen molar-refractivity contribution in [3.05, 3.63) is 7.05 Å². The van der Waals surface area contributed by atoms with Crippen LogP contribution in [0.5, 0.6) is 0 Å². The maximum Gasteiger partial charge on any atom is 0.0733 e. The fourth-order valence-corrected chi connectivity index (χ4v) is 1.04. The molecule has 1 N–H and O–H groups in total. The quantitative estimate of drug-likeness (QED) is 0.456. The summed E-state index contributed by atoms with van der Waals surface area (Å²) in [5.74, 6) is 0. The number of nitrogens with zero attached hydrogens (tertiary/aromatic N) is 1. The molecule has 0 bridgehead atoms. The SMILES string of the molecule is [CH2-]N1CCC(C)(O)C1. The molecular weight excluding hydrogens is 102 g/mol. The van der Waals surface area contributed by atoms with Gasteiger partial charge in [0.15, 0.2) is 0 Å². The molecule has 1 saturated heterocycles. The fraction of sp³-hybridized carbons (Fsp3) is 0.833. The van der Waals surface area contributed by atoms with Gasteiger partial charge in [0, 0.05) is 0 Å². The third-order valence-electron chi connectivity index (χ3n) is 1.53. The van der Waals surface area contributed by atoms with E-state index in [9.17, 15) is 5.11 Å². The molecule has 2 heteroatoms. The van der Waals surface area contributed by atoms with E-state index in [0.717, 1.165) is 13.0 Å².